The molecule has 3 heteroatoms. The van der Waals surface area contributed by atoms with E-state index in [-0.39, 0.29) is 5.97 Å². The molecule has 0 fully saturated rings. The van der Waals surface area contributed by atoms with E-state index in [9.17, 15) is 4.79 Å². The molecule has 0 spiro atoms. The minimum Gasteiger partial charge on any atom is -0.461 e. The van der Waals surface area contributed by atoms with Gasteiger partial charge in [0.15, 0.2) is 0 Å². The van der Waals surface area contributed by atoms with Crippen molar-refractivity contribution in [2.75, 3.05) is 27.2 Å². The molecule has 0 heterocycles. The first-order valence-electron chi connectivity index (χ1n) is 15.5. The smallest absolute Gasteiger partial charge is 0.306 e. The molecular weight excluding hydrogens is 430 g/mol. The fourth-order valence-electron chi connectivity index (χ4n) is 4.76. The van der Waals surface area contributed by atoms with Gasteiger partial charge in [0, 0.05) is 6.42 Å². The normalized spacial score (nSPS) is 12.6. The van der Waals surface area contributed by atoms with Gasteiger partial charge in [0.2, 0.25) is 0 Å². The predicted molar refractivity (Wildman–Crippen MR) is 155 cm³/mol. The Balaban J connectivity index is 3.66. The number of allylic oxidation sites excluding steroid dienone is 1. The fraction of sp³-hybridized carbons (Fsp3) is 0.906. The van der Waals surface area contributed by atoms with Gasteiger partial charge in [-0.15, -0.1) is 0 Å². The van der Waals surface area contributed by atoms with Crippen LogP contribution in [0.2, 0.25) is 0 Å². The van der Waals surface area contributed by atoms with E-state index in [2.05, 4.69) is 38.9 Å². The monoisotopic (exact) mass is 493 g/mol. The molecule has 0 aliphatic heterocycles. The molecule has 0 aliphatic rings. The Morgan fingerprint density at radius 1 is 0.657 bits per heavy atom. The van der Waals surface area contributed by atoms with Crippen molar-refractivity contribution in [1.29, 1.82) is 0 Å². The van der Waals surface area contributed by atoms with Gasteiger partial charge in [0.05, 0.1) is 0 Å². The Kier molecular flexibility index (Phi) is 27.1. The Morgan fingerprint density at radius 2 is 1.17 bits per heavy atom. The topological polar surface area (TPSA) is 29.5 Å². The Hall–Kier alpha value is -0.830. The average Bonchev–Trinajstić information content (AvgIpc) is 2.84. The highest BCUT2D eigenvalue weighted by atomic mass is 16.5. The van der Waals surface area contributed by atoms with E-state index in [1.807, 2.05) is 6.08 Å². The third-order valence-electron chi connectivity index (χ3n) is 7.18. The molecule has 1 atom stereocenters. The zero-order chi connectivity index (χ0) is 25.8. The van der Waals surface area contributed by atoms with Crippen molar-refractivity contribution >= 4 is 5.97 Å². The number of hydrogen-bond acceptors (Lipinski definition) is 3. The molecule has 0 aromatic heterocycles. The van der Waals surface area contributed by atoms with E-state index in [0.29, 0.717) is 13.0 Å². The van der Waals surface area contributed by atoms with E-state index >= 15 is 0 Å². The van der Waals surface area contributed by atoms with Gasteiger partial charge >= 0.3 is 5.97 Å². The quantitative estimate of drug-likeness (QED) is 0.0647. The van der Waals surface area contributed by atoms with E-state index in [0.717, 1.165) is 25.2 Å². The number of ether oxygens (including phenoxy) is 1. The second kappa shape index (κ2) is 27.8. The molecule has 0 saturated carbocycles. The molecule has 0 aromatic carbocycles. The van der Waals surface area contributed by atoms with Gasteiger partial charge in [-0.05, 0) is 52.2 Å². The Morgan fingerprint density at radius 3 is 1.74 bits per heavy atom. The van der Waals surface area contributed by atoms with Crippen molar-refractivity contribution in [2.24, 2.45) is 5.92 Å². The SMILES string of the molecule is CCCCC/C=C\COC(=O)CCCCCCCCCC(CCCCCCCCC)CCN(C)C. The second-order valence-corrected chi connectivity index (χ2v) is 11.0. The number of rotatable bonds is 27. The number of carbonyl (C=O) groups excluding carboxylic acids is 1. The zero-order valence-corrected chi connectivity index (χ0v) is 24.5. The first kappa shape index (κ1) is 34.2. The molecule has 35 heavy (non-hydrogen) atoms. The lowest BCUT2D eigenvalue weighted by Crippen LogP contribution is -2.17. The molecule has 0 N–H and O–H groups in total. The summed E-state index contributed by atoms with van der Waals surface area (Å²) in [7, 11) is 4.41. The summed E-state index contributed by atoms with van der Waals surface area (Å²) in [6, 6.07) is 0. The van der Waals surface area contributed by atoms with Crippen LogP contribution in [0.1, 0.15) is 155 Å². The lowest BCUT2D eigenvalue weighted by molar-refractivity contribution is -0.142. The van der Waals surface area contributed by atoms with Crippen LogP contribution < -0.4 is 0 Å². The van der Waals surface area contributed by atoms with Crippen LogP contribution in [0.4, 0.5) is 0 Å². The lowest BCUT2D eigenvalue weighted by atomic mass is 9.91. The molecule has 0 aromatic rings. The van der Waals surface area contributed by atoms with Crippen molar-refractivity contribution in [1.82, 2.24) is 4.90 Å². The van der Waals surface area contributed by atoms with Gasteiger partial charge in [0.25, 0.3) is 0 Å². The van der Waals surface area contributed by atoms with Crippen molar-refractivity contribution in [3.8, 4) is 0 Å². The average molecular weight is 494 g/mol. The van der Waals surface area contributed by atoms with Crippen LogP contribution in [0, 0.1) is 5.92 Å². The summed E-state index contributed by atoms with van der Waals surface area (Å²) in [5, 5.41) is 0. The summed E-state index contributed by atoms with van der Waals surface area (Å²) in [6.45, 7) is 6.19. The van der Waals surface area contributed by atoms with Crippen molar-refractivity contribution in [2.45, 2.75) is 155 Å². The predicted octanol–water partition coefficient (Wildman–Crippen LogP) is 9.89. The number of carbonyl (C=O) groups is 1. The van der Waals surface area contributed by atoms with Crippen LogP contribution in [-0.4, -0.2) is 38.1 Å². The number of nitrogens with zero attached hydrogens (tertiary/aromatic N) is 1. The van der Waals surface area contributed by atoms with Crippen LogP contribution in [0.5, 0.6) is 0 Å². The van der Waals surface area contributed by atoms with Crippen LogP contribution in [0.25, 0.3) is 0 Å². The van der Waals surface area contributed by atoms with Gasteiger partial charge in [-0.25, -0.2) is 0 Å². The maximum atomic E-state index is 11.8. The van der Waals surface area contributed by atoms with E-state index in [4.69, 9.17) is 4.74 Å². The maximum absolute atomic E-state index is 11.8. The number of esters is 1. The fourth-order valence-corrected chi connectivity index (χ4v) is 4.76. The molecule has 208 valence electrons. The highest BCUT2D eigenvalue weighted by Crippen LogP contribution is 2.22. The molecular formula is C32H63NO2. The highest BCUT2D eigenvalue weighted by Gasteiger charge is 2.09. The van der Waals surface area contributed by atoms with Crippen LogP contribution in [-0.2, 0) is 9.53 Å². The van der Waals surface area contributed by atoms with Crippen molar-refractivity contribution < 1.29 is 9.53 Å². The summed E-state index contributed by atoms with van der Waals surface area (Å²) < 4.78 is 5.29. The third-order valence-corrected chi connectivity index (χ3v) is 7.18. The molecule has 1 unspecified atom stereocenters. The first-order valence-corrected chi connectivity index (χ1v) is 15.5. The highest BCUT2D eigenvalue weighted by molar-refractivity contribution is 5.69. The van der Waals surface area contributed by atoms with E-state index in [1.165, 1.54) is 122 Å². The Labute approximate surface area is 220 Å². The zero-order valence-electron chi connectivity index (χ0n) is 24.5. The van der Waals surface area contributed by atoms with Crippen molar-refractivity contribution in [3.63, 3.8) is 0 Å². The molecule has 0 amide bonds. The van der Waals surface area contributed by atoms with E-state index in [1.54, 1.807) is 0 Å². The molecule has 0 aliphatic carbocycles. The maximum Gasteiger partial charge on any atom is 0.306 e. The van der Waals surface area contributed by atoms with Gasteiger partial charge in [0.1, 0.15) is 6.61 Å². The third kappa shape index (κ3) is 27.6. The molecule has 0 rings (SSSR count). The number of unbranched alkanes of at least 4 members (excludes halogenated alkanes) is 15. The van der Waals surface area contributed by atoms with Gasteiger partial charge in [-0.3, -0.25) is 4.79 Å². The number of hydrogen-bond donors (Lipinski definition) is 0. The summed E-state index contributed by atoms with van der Waals surface area (Å²) in [6.07, 6.45) is 32.6. The minimum absolute atomic E-state index is 0.0343. The standard InChI is InChI=1S/C32H63NO2/c1-5-7-9-11-14-17-21-25-31(28-29-33(3)4)26-22-18-15-13-16-19-23-27-32(34)35-30-24-20-12-10-8-6-2/h20,24,31H,5-19,21-23,25-30H2,1-4H3/b24-20-. The molecule has 0 bridgehead atoms. The van der Waals surface area contributed by atoms with Crippen LogP contribution >= 0.6 is 0 Å². The summed E-state index contributed by atoms with van der Waals surface area (Å²) in [4.78, 5) is 14.2. The lowest BCUT2D eigenvalue weighted by Gasteiger charge is -2.19. The van der Waals surface area contributed by atoms with Crippen LogP contribution in [0.3, 0.4) is 0 Å². The van der Waals surface area contributed by atoms with Crippen LogP contribution in [0.15, 0.2) is 12.2 Å². The summed E-state index contributed by atoms with van der Waals surface area (Å²) in [5.41, 5.74) is 0. The first-order chi connectivity index (χ1) is 17.1. The van der Waals surface area contributed by atoms with Gasteiger partial charge in [-0.1, -0.05) is 135 Å². The molecule has 0 saturated heterocycles. The van der Waals surface area contributed by atoms with E-state index < -0.39 is 0 Å². The van der Waals surface area contributed by atoms with Gasteiger partial charge in [-0.2, -0.15) is 0 Å². The second-order valence-electron chi connectivity index (χ2n) is 11.0. The Bertz CT molecular complexity index is 460. The summed E-state index contributed by atoms with van der Waals surface area (Å²) >= 11 is 0. The molecule has 0 radical (unpaired) electrons. The van der Waals surface area contributed by atoms with Crippen molar-refractivity contribution in [3.05, 3.63) is 12.2 Å². The van der Waals surface area contributed by atoms with Gasteiger partial charge < -0.3 is 9.64 Å². The minimum atomic E-state index is -0.0343. The largest absolute Gasteiger partial charge is 0.461 e. The summed E-state index contributed by atoms with van der Waals surface area (Å²) in [5.74, 6) is 0.887. The molecule has 3 nitrogen and oxygen atoms in total.